The minimum atomic E-state index is -0.0763. The number of nitrogens with zero attached hydrogens (tertiary/aromatic N) is 3. The zero-order chi connectivity index (χ0) is 18.1. The molecule has 2 saturated heterocycles. The fourth-order valence-corrected chi connectivity index (χ4v) is 4.19. The molecule has 6 nitrogen and oxygen atoms in total. The lowest BCUT2D eigenvalue weighted by atomic mass is 9.87. The lowest BCUT2D eigenvalue weighted by Crippen LogP contribution is -2.47. The van der Waals surface area contributed by atoms with Crippen molar-refractivity contribution >= 4 is 5.91 Å². The highest BCUT2D eigenvalue weighted by Crippen LogP contribution is 2.38. The monoisotopic (exact) mass is 357 g/mol. The van der Waals surface area contributed by atoms with Crippen molar-refractivity contribution in [3.05, 3.63) is 48.2 Å². The first-order chi connectivity index (χ1) is 12.6. The van der Waals surface area contributed by atoms with Crippen LogP contribution in [0.5, 0.6) is 0 Å². The van der Waals surface area contributed by atoms with Crippen molar-refractivity contribution in [2.75, 3.05) is 26.7 Å². The van der Waals surface area contributed by atoms with Crippen molar-refractivity contribution in [3.63, 3.8) is 0 Å². The average molecular weight is 357 g/mol. The molecule has 2 aliphatic heterocycles. The number of carbonyl (C=O) groups is 1. The lowest BCUT2D eigenvalue weighted by Gasteiger charge is -2.39. The van der Waals surface area contributed by atoms with Gasteiger partial charge in [-0.25, -0.2) is 0 Å². The normalized spacial score (nSPS) is 22.4. The summed E-state index contributed by atoms with van der Waals surface area (Å²) in [6.45, 7) is 3.08. The van der Waals surface area contributed by atoms with Crippen molar-refractivity contribution in [1.82, 2.24) is 14.4 Å². The van der Waals surface area contributed by atoms with Gasteiger partial charge in [-0.2, -0.15) is 0 Å². The number of carbonyl (C=O) groups excluding carboxylic acids is 1. The second-order valence-corrected chi connectivity index (χ2v) is 7.64. The number of furan rings is 1. The zero-order valence-corrected chi connectivity index (χ0v) is 15.6. The molecule has 1 atom stereocenters. The summed E-state index contributed by atoms with van der Waals surface area (Å²) in [4.78, 5) is 17.0. The van der Waals surface area contributed by atoms with Crippen molar-refractivity contribution in [3.8, 4) is 0 Å². The van der Waals surface area contributed by atoms with E-state index in [1.54, 1.807) is 6.26 Å². The highest BCUT2D eigenvalue weighted by atomic mass is 16.5. The van der Waals surface area contributed by atoms with E-state index in [9.17, 15) is 4.79 Å². The highest BCUT2D eigenvalue weighted by Gasteiger charge is 2.44. The Morgan fingerprint density at radius 2 is 2.12 bits per heavy atom. The number of hydrogen-bond acceptors (Lipinski definition) is 4. The van der Waals surface area contributed by atoms with Gasteiger partial charge in [0.15, 0.2) is 0 Å². The van der Waals surface area contributed by atoms with E-state index in [4.69, 9.17) is 9.15 Å². The molecule has 26 heavy (non-hydrogen) atoms. The van der Waals surface area contributed by atoms with Crippen LogP contribution in [0.4, 0.5) is 0 Å². The predicted octanol–water partition coefficient (Wildman–Crippen LogP) is 2.51. The summed E-state index contributed by atoms with van der Waals surface area (Å²) in [5, 5.41) is 0. The van der Waals surface area contributed by atoms with E-state index in [0.717, 1.165) is 57.0 Å². The Labute approximate surface area is 154 Å². The van der Waals surface area contributed by atoms with E-state index in [1.807, 2.05) is 47.0 Å². The number of likely N-dealkylation sites (tertiary alicyclic amines) is 1. The van der Waals surface area contributed by atoms with Crippen molar-refractivity contribution in [2.24, 2.45) is 7.05 Å². The first-order valence-electron chi connectivity index (χ1n) is 9.33. The number of hydrogen-bond donors (Lipinski definition) is 0. The lowest BCUT2D eigenvalue weighted by molar-refractivity contribution is -0.0394. The number of piperidine rings is 1. The van der Waals surface area contributed by atoms with Crippen LogP contribution < -0.4 is 0 Å². The van der Waals surface area contributed by atoms with Gasteiger partial charge in [-0.15, -0.1) is 0 Å². The molecule has 0 unspecified atom stereocenters. The molecule has 0 radical (unpaired) electrons. The maximum atomic E-state index is 12.7. The van der Waals surface area contributed by atoms with Gasteiger partial charge in [0.05, 0.1) is 25.0 Å². The standard InChI is InChI=1S/C20H27N3O3/c1-21-9-3-6-18(21)19(24)23-10-7-20(8-11-23)13-16(15-26-20)22(2)14-17-5-4-12-25-17/h3-6,9,12,16H,7-8,10-11,13-15H2,1-2H3/t16-/m1/s1. The smallest absolute Gasteiger partial charge is 0.270 e. The van der Waals surface area contributed by atoms with Gasteiger partial charge < -0.3 is 18.6 Å². The molecule has 1 spiro atoms. The summed E-state index contributed by atoms with van der Waals surface area (Å²) < 4.78 is 13.6. The number of aromatic nitrogens is 1. The molecule has 6 heteroatoms. The van der Waals surface area contributed by atoms with Gasteiger partial charge in [-0.1, -0.05) is 0 Å². The molecule has 4 heterocycles. The Kier molecular flexibility index (Phi) is 4.63. The number of amides is 1. The molecule has 2 aliphatic rings. The largest absolute Gasteiger partial charge is 0.468 e. The topological polar surface area (TPSA) is 50.9 Å². The first-order valence-corrected chi connectivity index (χ1v) is 9.33. The second-order valence-electron chi connectivity index (χ2n) is 7.64. The molecule has 2 fully saturated rings. The number of rotatable bonds is 4. The molecule has 0 bridgehead atoms. The van der Waals surface area contributed by atoms with Crippen LogP contribution in [0.15, 0.2) is 41.1 Å². The first kappa shape index (κ1) is 17.4. The molecular weight excluding hydrogens is 330 g/mol. The molecule has 2 aromatic heterocycles. The predicted molar refractivity (Wildman–Crippen MR) is 97.8 cm³/mol. The van der Waals surface area contributed by atoms with Crippen LogP contribution in [-0.2, 0) is 18.3 Å². The van der Waals surface area contributed by atoms with E-state index in [1.165, 1.54) is 0 Å². The third kappa shape index (κ3) is 3.31. The van der Waals surface area contributed by atoms with Gasteiger partial charge in [0, 0.05) is 32.4 Å². The molecule has 1 amide bonds. The fraction of sp³-hybridized carbons (Fsp3) is 0.550. The summed E-state index contributed by atoms with van der Waals surface area (Å²) in [5.41, 5.74) is 0.678. The zero-order valence-electron chi connectivity index (χ0n) is 15.6. The van der Waals surface area contributed by atoms with Crippen molar-refractivity contribution < 1.29 is 13.9 Å². The molecule has 0 N–H and O–H groups in total. The van der Waals surface area contributed by atoms with Crippen molar-refractivity contribution in [1.29, 1.82) is 0 Å². The quantitative estimate of drug-likeness (QED) is 0.844. The Bertz CT molecular complexity index is 744. The molecule has 4 rings (SSSR count). The SMILES string of the molecule is CN(Cc1ccco1)[C@H]1COC2(CCN(C(=O)c3cccn3C)CC2)C1. The summed E-state index contributed by atoms with van der Waals surface area (Å²) in [5.74, 6) is 1.10. The van der Waals surface area contributed by atoms with E-state index in [-0.39, 0.29) is 11.5 Å². The maximum Gasteiger partial charge on any atom is 0.270 e. The minimum Gasteiger partial charge on any atom is -0.468 e. The van der Waals surface area contributed by atoms with E-state index in [2.05, 4.69) is 11.9 Å². The van der Waals surface area contributed by atoms with Gasteiger partial charge in [0.25, 0.3) is 5.91 Å². The highest BCUT2D eigenvalue weighted by molar-refractivity contribution is 5.92. The minimum absolute atomic E-state index is 0.0763. The Morgan fingerprint density at radius 3 is 2.77 bits per heavy atom. The maximum absolute atomic E-state index is 12.7. The number of ether oxygens (including phenoxy) is 1. The van der Waals surface area contributed by atoms with E-state index in [0.29, 0.717) is 6.04 Å². The number of aryl methyl sites for hydroxylation is 1. The third-order valence-corrected chi connectivity index (χ3v) is 5.92. The molecule has 0 aliphatic carbocycles. The molecule has 140 valence electrons. The van der Waals surface area contributed by atoms with E-state index >= 15 is 0 Å². The van der Waals surface area contributed by atoms with E-state index < -0.39 is 0 Å². The number of likely N-dealkylation sites (N-methyl/N-ethyl adjacent to an activating group) is 1. The summed E-state index contributed by atoms with van der Waals surface area (Å²) in [6, 6.07) is 8.14. The molecule has 2 aromatic rings. The summed E-state index contributed by atoms with van der Waals surface area (Å²) in [7, 11) is 4.04. The van der Waals surface area contributed by atoms with Gasteiger partial charge >= 0.3 is 0 Å². The van der Waals surface area contributed by atoms with Crippen LogP contribution in [0, 0.1) is 0 Å². The Balaban J connectivity index is 1.33. The van der Waals surface area contributed by atoms with Crippen LogP contribution in [0.1, 0.15) is 35.5 Å². The van der Waals surface area contributed by atoms with Crippen LogP contribution in [-0.4, -0.2) is 58.7 Å². The van der Waals surface area contributed by atoms with Gasteiger partial charge in [0.2, 0.25) is 0 Å². The van der Waals surface area contributed by atoms with Gasteiger partial charge in [-0.3, -0.25) is 9.69 Å². The molecular formula is C20H27N3O3. The average Bonchev–Trinajstić information content (AvgIpc) is 3.37. The summed E-state index contributed by atoms with van der Waals surface area (Å²) in [6.07, 6.45) is 6.48. The van der Waals surface area contributed by atoms with Crippen LogP contribution in [0.25, 0.3) is 0 Å². The molecule has 0 saturated carbocycles. The van der Waals surface area contributed by atoms with Crippen LogP contribution in [0.2, 0.25) is 0 Å². The van der Waals surface area contributed by atoms with Gasteiger partial charge in [-0.05, 0) is 50.6 Å². The second kappa shape index (κ2) is 6.93. The Morgan fingerprint density at radius 1 is 1.31 bits per heavy atom. The van der Waals surface area contributed by atoms with Gasteiger partial charge in [0.1, 0.15) is 11.5 Å². The summed E-state index contributed by atoms with van der Waals surface area (Å²) >= 11 is 0. The van der Waals surface area contributed by atoms with Crippen LogP contribution >= 0.6 is 0 Å². The third-order valence-electron chi connectivity index (χ3n) is 5.92. The van der Waals surface area contributed by atoms with Crippen LogP contribution in [0.3, 0.4) is 0 Å². The fourth-order valence-electron chi connectivity index (χ4n) is 4.19. The Hall–Kier alpha value is -2.05. The van der Waals surface area contributed by atoms with Crippen molar-refractivity contribution in [2.45, 2.75) is 37.5 Å². The molecule has 0 aromatic carbocycles.